The zero-order valence-corrected chi connectivity index (χ0v) is 26.1. The van der Waals surface area contributed by atoms with Crippen molar-refractivity contribution in [1.82, 2.24) is 9.80 Å². The number of fused-ring (bicyclic) bond motifs is 1. The van der Waals surface area contributed by atoms with Crippen LogP contribution in [0.2, 0.25) is 0 Å². The van der Waals surface area contributed by atoms with Gasteiger partial charge in [0.25, 0.3) is 5.91 Å². The number of aliphatic hydroxyl groups excluding tert-OH is 1. The van der Waals surface area contributed by atoms with Gasteiger partial charge < -0.3 is 24.8 Å². The third-order valence-electron chi connectivity index (χ3n) is 8.77. The quantitative estimate of drug-likeness (QED) is 0.282. The van der Waals surface area contributed by atoms with Crippen LogP contribution >= 0.6 is 0 Å². The van der Waals surface area contributed by atoms with Crippen LogP contribution in [0.5, 0.6) is 17.2 Å². The Labute approximate surface area is 261 Å². The van der Waals surface area contributed by atoms with Gasteiger partial charge in [-0.2, -0.15) is 0 Å². The van der Waals surface area contributed by atoms with Crippen LogP contribution < -0.4 is 14.8 Å². The van der Waals surface area contributed by atoms with Gasteiger partial charge in [-0.3, -0.25) is 14.5 Å². The Hall–Kier alpha value is -3.88. The number of nitrogens with zero attached hydrogens (tertiary/aromatic N) is 2. The molecular formula is C36H45N3O5. The number of ether oxygens (including phenoxy) is 2. The van der Waals surface area contributed by atoms with E-state index in [4.69, 9.17) is 9.47 Å². The minimum atomic E-state index is -0.355. The summed E-state index contributed by atoms with van der Waals surface area (Å²) >= 11 is 0. The molecule has 3 atom stereocenters. The standard InChI is InChI=1S/C36H45N3O5/c1-25-21-39(26(2)24-40)36(42)31-15-10-16-32(37-35(41)28-11-6-4-7-12-28)34(31)44-33(25)23-38(3)22-27-17-19-30(20-18-27)43-29-13-8-5-9-14-29/h5,8-10,13-20,25-26,28,33,40H,4,6-7,11-12,21-24H2,1-3H3,(H,37,41)/t25-,26+,33+/m1/s1. The highest BCUT2D eigenvalue weighted by Crippen LogP contribution is 2.36. The van der Waals surface area contributed by atoms with Crippen LogP contribution in [0.15, 0.2) is 72.8 Å². The van der Waals surface area contributed by atoms with E-state index in [1.807, 2.05) is 55.5 Å². The van der Waals surface area contributed by atoms with Gasteiger partial charge >= 0.3 is 0 Å². The fourth-order valence-corrected chi connectivity index (χ4v) is 6.13. The first-order chi connectivity index (χ1) is 21.3. The second kappa shape index (κ2) is 14.7. The molecule has 0 bridgehead atoms. The molecule has 1 fully saturated rings. The van der Waals surface area contributed by atoms with Crippen molar-refractivity contribution in [3.05, 3.63) is 83.9 Å². The first-order valence-corrected chi connectivity index (χ1v) is 15.8. The number of aliphatic hydroxyl groups is 1. The summed E-state index contributed by atoms with van der Waals surface area (Å²) in [6, 6.07) is 22.8. The van der Waals surface area contributed by atoms with E-state index < -0.39 is 0 Å². The molecule has 8 heteroatoms. The fraction of sp³-hybridized carbons (Fsp3) is 0.444. The van der Waals surface area contributed by atoms with Gasteiger partial charge in [0, 0.05) is 31.5 Å². The maximum absolute atomic E-state index is 13.8. The average Bonchev–Trinajstić information content (AvgIpc) is 3.04. The van der Waals surface area contributed by atoms with Crippen LogP contribution in [0.25, 0.3) is 0 Å². The number of hydrogen-bond donors (Lipinski definition) is 2. The summed E-state index contributed by atoms with van der Waals surface area (Å²) in [6.07, 6.45) is 4.78. The van der Waals surface area contributed by atoms with Crippen molar-refractivity contribution < 1.29 is 24.2 Å². The second-order valence-corrected chi connectivity index (χ2v) is 12.4. The number of para-hydroxylation sites is 2. The molecule has 5 rings (SSSR count). The lowest BCUT2D eigenvalue weighted by Gasteiger charge is -2.38. The third-order valence-corrected chi connectivity index (χ3v) is 8.77. The molecule has 0 radical (unpaired) electrons. The number of nitrogens with one attached hydrogen (secondary N) is 1. The predicted molar refractivity (Wildman–Crippen MR) is 172 cm³/mol. The first-order valence-electron chi connectivity index (χ1n) is 15.8. The molecule has 2 aliphatic rings. The SMILES string of the molecule is C[C@@H]1CN([C@@H](C)CO)C(=O)c2cccc(NC(=O)C3CCCCC3)c2O[C@H]1CN(C)Cc1ccc(Oc2ccccc2)cc1. The van der Waals surface area contributed by atoms with E-state index >= 15 is 0 Å². The second-order valence-electron chi connectivity index (χ2n) is 12.4. The normalized spacial score (nSPS) is 19.8. The number of amides is 2. The van der Waals surface area contributed by atoms with Crippen molar-refractivity contribution in [3.8, 4) is 17.2 Å². The topological polar surface area (TPSA) is 91.3 Å². The highest BCUT2D eigenvalue weighted by atomic mass is 16.5. The minimum absolute atomic E-state index is 0.0156. The van der Waals surface area contributed by atoms with Crippen molar-refractivity contribution >= 4 is 17.5 Å². The van der Waals surface area contributed by atoms with Crippen LogP contribution in [-0.4, -0.2) is 65.6 Å². The molecule has 1 aliphatic heterocycles. The Morgan fingerprint density at radius 2 is 1.73 bits per heavy atom. The molecule has 2 N–H and O–H groups in total. The van der Waals surface area contributed by atoms with E-state index in [0.29, 0.717) is 36.6 Å². The van der Waals surface area contributed by atoms with Crippen LogP contribution in [0.3, 0.4) is 0 Å². The molecule has 0 saturated heterocycles. The van der Waals surface area contributed by atoms with E-state index in [1.54, 1.807) is 17.0 Å². The van der Waals surface area contributed by atoms with Gasteiger partial charge in [0.1, 0.15) is 17.6 Å². The summed E-state index contributed by atoms with van der Waals surface area (Å²) in [5.41, 5.74) is 2.07. The summed E-state index contributed by atoms with van der Waals surface area (Å²) in [5.74, 6) is 1.70. The Morgan fingerprint density at radius 1 is 1.02 bits per heavy atom. The zero-order valence-electron chi connectivity index (χ0n) is 26.1. The van der Waals surface area contributed by atoms with Crippen molar-refractivity contribution in [3.63, 3.8) is 0 Å². The average molecular weight is 600 g/mol. The number of likely N-dealkylation sites (N-methyl/N-ethyl adjacent to an activating group) is 1. The maximum Gasteiger partial charge on any atom is 0.258 e. The Kier molecular flexibility index (Phi) is 10.6. The number of anilines is 1. The third kappa shape index (κ3) is 7.79. The Bertz CT molecular complexity index is 1390. The molecule has 2 amide bonds. The van der Waals surface area contributed by atoms with Crippen molar-refractivity contribution in [2.24, 2.45) is 11.8 Å². The highest BCUT2D eigenvalue weighted by Gasteiger charge is 2.35. The molecule has 1 heterocycles. The molecular weight excluding hydrogens is 554 g/mol. The van der Waals surface area contributed by atoms with E-state index in [1.165, 1.54) is 6.42 Å². The largest absolute Gasteiger partial charge is 0.486 e. The fourth-order valence-electron chi connectivity index (χ4n) is 6.13. The molecule has 44 heavy (non-hydrogen) atoms. The lowest BCUT2D eigenvalue weighted by Crippen LogP contribution is -2.49. The molecule has 0 spiro atoms. The number of hydrogen-bond acceptors (Lipinski definition) is 6. The van der Waals surface area contributed by atoms with Crippen LogP contribution in [-0.2, 0) is 11.3 Å². The molecule has 0 unspecified atom stereocenters. The van der Waals surface area contributed by atoms with Gasteiger partial charge in [-0.15, -0.1) is 0 Å². The van der Waals surface area contributed by atoms with Crippen LogP contribution in [0.1, 0.15) is 61.9 Å². The van der Waals surface area contributed by atoms with Gasteiger partial charge in [0.2, 0.25) is 5.91 Å². The monoisotopic (exact) mass is 599 g/mol. The predicted octanol–water partition coefficient (Wildman–Crippen LogP) is 6.35. The molecule has 234 valence electrons. The lowest BCUT2D eigenvalue weighted by molar-refractivity contribution is -0.120. The van der Waals surface area contributed by atoms with Gasteiger partial charge in [-0.1, -0.05) is 62.6 Å². The Morgan fingerprint density at radius 3 is 2.43 bits per heavy atom. The first kappa shape index (κ1) is 31.5. The zero-order chi connectivity index (χ0) is 31.1. The summed E-state index contributed by atoms with van der Waals surface area (Å²) in [6.45, 7) is 5.54. The smallest absolute Gasteiger partial charge is 0.258 e. The maximum atomic E-state index is 13.8. The van der Waals surface area contributed by atoms with Gasteiger partial charge in [-0.25, -0.2) is 0 Å². The molecule has 3 aromatic rings. The summed E-state index contributed by atoms with van der Waals surface area (Å²) in [4.78, 5) is 31.0. The molecule has 8 nitrogen and oxygen atoms in total. The van der Waals surface area contributed by atoms with Crippen molar-refractivity contribution in [1.29, 1.82) is 0 Å². The number of carbonyl (C=O) groups is 2. The van der Waals surface area contributed by atoms with Crippen LogP contribution in [0, 0.1) is 11.8 Å². The van der Waals surface area contributed by atoms with Gasteiger partial charge in [0.05, 0.1) is 23.9 Å². The summed E-state index contributed by atoms with van der Waals surface area (Å²) in [7, 11) is 2.06. The van der Waals surface area contributed by atoms with E-state index in [-0.39, 0.29) is 42.4 Å². The van der Waals surface area contributed by atoms with Crippen molar-refractivity contribution in [2.75, 3.05) is 32.1 Å². The minimum Gasteiger partial charge on any atom is -0.486 e. The van der Waals surface area contributed by atoms with Crippen LogP contribution in [0.4, 0.5) is 5.69 Å². The number of rotatable bonds is 10. The molecule has 3 aromatic carbocycles. The summed E-state index contributed by atoms with van der Waals surface area (Å²) in [5, 5.41) is 13.1. The number of benzene rings is 3. The van der Waals surface area contributed by atoms with E-state index in [2.05, 4.69) is 36.3 Å². The molecule has 1 saturated carbocycles. The van der Waals surface area contributed by atoms with Crippen molar-refractivity contribution in [2.45, 2.75) is 64.6 Å². The van der Waals surface area contributed by atoms with E-state index in [9.17, 15) is 14.7 Å². The summed E-state index contributed by atoms with van der Waals surface area (Å²) < 4.78 is 12.7. The Balaban J connectivity index is 1.34. The molecule has 0 aromatic heterocycles. The van der Waals surface area contributed by atoms with Gasteiger partial charge in [0.15, 0.2) is 5.75 Å². The van der Waals surface area contributed by atoms with E-state index in [0.717, 1.165) is 42.7 Å². The molecule has 1 aliphatic carbocycles. The number of carbonyl (C=O) groups excluding carboxylic acids is 2. The van der Waals surface area contributed by atoms with Gasteiger partial charge in [-0.05, 0) is 68.8 Å². The lowest BCUT2D eigenvalue weighted by atomic mass is 9.88. The highest BCUT2D eigenvalue weighted by molar-refractivity contribution is 6.02.